The summed E-state index contributed by atoms with van der Waals surface area (Å²) in [5, 5.41) is 0.506. The van der Waals surface area contributed by atoms with Crippen molar-refractivity contribution in [2.24, 2.45) is 0 Å². The number of anilines is 2. The first-order valence-corrected chi connectivity index (χ1v) is 14.5. The van der Waals surface area contributed by atoms with E-state index in [4.69, 9.17) is 9.72 Å². The van der Waals surface area contributed by atoms with Crippen LogP contribution in [0.25, 0.3) is 10.2 Å². The molecule has 1 amide bonds. The van der Waals surface area contributed by atoms with Gasteiger partial charge in [-0.25, -0.2) is 13.4 Å². The van der Waals surface area contributed by atoms with Crippen LogP contribution in [0.3, 0.4) is 0 Å². The minimum Gasteiger partial charge on any atom is -0.497 e. The van der Waals surface area contributed by atoms with Gasteiger partial charge in [0.05, 0.1) is 40.1 Å². The summed E-state index contributed by atoms with van der Waals surface area (Å²) in [7, 11) is -2.22. The minimum absolute atomic E-state index is 0.105. The fraction of sp³-hybridized carbons (Fsp3) is 0.138. The second kappa shape index (κ2) is 11.2. The smallest absolute Gasteiger partial charge is 0.264 e. The lowest BCUT2D eigenvalue weighted by molar-refractivity contribution is 0.0984. The number of fused-ring (bicyclic) bond motifs is 1. The van der Waals surface area contributed by atoms with E-state index in [0.29, 0.717) is 27.8 Å². The van der Waals surface area contributed by atoms with Crippen LogP contribution < -0.4 is 13.9 Å². The third-order valence-electron chi connectivity index (χ3n) is 6.13. The number of pyridine rings is 1. The SMILES string of the molecule is CCN(c1ccccc1)S(=O)(=O)c1ccc(C(=O)N(Cc2ccccn2)c2nc3cc(OC)ccc3s2)cc1. The zero-order chi connectivity index (χ0) is 27.4. The van der Waals surface area contributed by atoms with Crippen molar-refractivity contribution >= 4 is 48.3 Å². The summed E-state index contributed by atoms with van der Waals surface area (Å²) >= 11 is 1.39. The number of thiazole rings is 1. The van der Waals surface area contributed by atoms with E-state index >= 15 is 0 Å². The highest BCUT2D eigenvalue weighted by atomic mass is 32.2. The van der Waals surface area contributed by atoms with Gasteiger partial charge < -0.3 is 4.74 Å². The molecule has 5 aromatic rings. The number of amides is 1. The van der Waals surface area contributed by atoms with Gasteiger partial charge in [-0.2, -0.15) is 0 Å². The maximum absolute atomic E-state index is 13.8. The second-order valence-corrected chi connectivity index (χ2v) is 11.4. The molecule has 5 rings (SSSR count). The largest absolute Gasteiger partial charge is 0.497 e. The Morgan fingerprint density at radius 1 is 0.949 bits per heavy atom. The fourth-order valence-electron chi connectivity index (χ4n) is 4.16. The van der Waals surface area contributed by atoms with Crippen LogP contribution in [0, 0.1) is 0 Å². The molecular weight excluding hydrogens is 532 g/mol. The van der Waals surface area contributed by atoms with Crippen LogP contribution in [0.2, 0.25) is 0 Å². The molecule has 0 spiro atoms. The molecule has 0 saturated carbocycles. The van der Waals surface area contributed by atoms with Gasteiger partial charge >= 0.3 is 0 Å². The van der Waals surface area contributed by atoms with E-state index in [1.807, 2.05) is 42.5 Å². The van der Waals surface area contributed by atoms with Crippen LogP contribution in [-0.2, 0) is 16.6 Å². The highest BCUT2D eigenvalue weighted by Gasteiger charge is 2.26. The molecule has 2 heterocycles. The lowest BCUT2D eigenvalue weighted by atomic mass is 10.2. The van der Waals surface area contributed by atoms with Crippen molar-refractivity contribution in [3.8, 4) is 5.75 Å². The zero-order valence-corrected chi connectivity index (χ0v) is 23.0. The lowest BCUT2D eigenvalue weighted by Gasteiger charge is -2.23. The normalized spacial score (nSPS) is 11.3. The molecule has 3 aromatic carbocycles. The lowest BCUT2D eigenvalue weighted by Crippen LogP contribution is -2.32. The molecule has 0 aliphatic carbocycles. The van der Waals surface area contributed by atoms with Crippen LogP contribution in [0.1, 0.15) is 23.0 Å². The molecule has 0 atom stereocenters. The average molecular weight is 559 g/mol. The number of hydrogen-bond acceptors (Lipinski definition) is 7. The molecule has 8 nitrogen and oxygen atoms in total. The van der Waals surface area contributed by atoms with Crippen LogP contribution >= 0.6 is 11.3 Å². The van der Waals surface area contributed by atoms with E-state index < -0.39 is 10.0 Å². The van der Waals surface area contributed by atoms with Gasteiger partial charge in [-0.15, -0.1) is 0 Å². The number of rotatable bonds is 9. The molecule has 39 heavy (non-hydrogen) atoms. The van der Waals surface area contributed by atoms with Gasteiger partial charge in [0.25, 0.3) is 15.9 Å². The summed E-state index contributed by atoms with van der Waals surface area (Å²) in [5.74, 6) is 0.362. The van der Waals surface area contributed by atoms with Crippen molar-refractivity contribution in [1.82, 2.24) is 9.97 Å². The predicted molar refractivity (Wildman–Crippen MR) is 154 cm³/mol. The number of carbonyl (C=O) groups is 1. The van der Waals surface area contributed by atoms with Crippen molar-refractivity contribution in [2.75, 3.05) is 22.9 Å². The van der Waals surface area contributed by atoms with Crippen molar-refractivity contribution in [1.29, 1.82) is 0 Å². The van der Waals surface area contributed by atoms with Crippen LogP contribution in [0.5, 0.6) is 5.75 Å². The van der Waals surface area contributed by atoms with Crippen molar-refractivity contribution < 1.29 is 17.9 Å². The summed E-state index contributed by atoms with van der Waals surface area (Å²) in [4.78, 5) is 24.6. The number of ether oxygens (including phenoxy) is 1. The van der Waals surface area contributed by atoms with E-state index in [9.17, 15) is 13.2 Å². The molecule has 0 aliphatic rings. The molecule has 10 heteroatoms. The number of hydrogen-bond donors (Lipinski definition) is 0. The van der Waals surface area contributed by atoms with Crippen LogP contribution in [0.4, 0.5) is 10.8 Å². The topological polar surface area (TPSA) is 92.7 Å². The first kappa shape index (κ1) is 26.3. The molecule has 0 saturated heterocycles. The molecular formula is C29H26N4O4S2. The maximum atomic E-state index is 13.8. The third-order valence-corrected chi connectivity index (χ3v) is 9.10. The number of nitrogens with zero attached hydrogens (tertiary/aromatic N) is 4. The molecule has 0 radical (unpaired) electrons. The minimum atomic E-state index is -3.82. The highest BCUT2D eigenvalue weighted by molar-refractivity contribution is 7.92. The Balaban J connectivity index is 1.48. The highest BCUT2D eigenvalue weighted by Crippen LogP contribution is 2.33. The average Bonchev–Trinajstić information content (AvgIpc) is 3.40. The number of carbonyl (C=O) groups excluding carboxylic acids is 1. The van der Waals surface area contributed by atoms with Crippen molar-refractivity contribution in [3.05, 3.63) is 108 Å². The van der Waals surface area contributed by atoms with Gasteiger partial charge in [0.15, 0.2) is 5.13 Å². The molecule has 0 unspecified atom stereocenters. The number of benzene rings is 3. The number of aromatic nitrogens is 2. The molecule has 0 N–H and O–H groups in total. The Labute approximate surface area is 231 Å². The fourth-order valence-corrected chi connectivity index (χ4v) is 6.57. The summed E-state index contributed by atoms with van der Waals surface area (Å²) < 4.78 is 34.4. The summed E-state index contributed by atoms with van der Waals surface area (Å²) in [5.41, 5.74) is 2.33. The Morgan fingerprint density at radius 2 is 1.69 bits per heavy atom. The monoisotopic (exact) mass is 558 g/mol. The van der Waals surface area contributed by atoms with E-state index in [1.54, 1.807) is 49.4 Å². The van der Waals surface area contributed by atoms with Gasteiger partial charge in [0.1, 0.15) is 5.75 Å². The van der Waals surface area contributed by atoms with E-state index in [0.717, 1.165) is 10.2 Å². The van der Waals surface area contributed by atoms with Crippen LogP contribution in [-0.4, -0.2) is 37.9 Å². The summed E-state index contributed by atoms with van der Waals surface area (Å²) in [6.07, 6.45) is 1.67. The van der Waals surface area contributed by atoms with Crippen LogP contribution in [0.15, 0.2) is 102 Å². The Hall–Kier alpha value is -4.28. The van der Waals surface area contributed by atoms with E-state index in [2.05, 4.69) is 4.98 Å². The standard InChI is InChI=1S/C29H26N4O4S2/c1-3-33(23-10-5-4-6-11-23)39(35,36)25-15-12-21(13-16-25)28(34)32(20-22-9-7-8-18-30-22)29-31-26-19-24(37-2)14-17-27(26)38-29/h4-19H,3,20H2,1-2H3. The summed E-state index contributed by atoms with van der Waals surface area (Å²) in [6, 6.07) is 26.0. The third kappa shape index (κ3) is 5.47. The quantitative estimate of drug-likeness (QED) is 0.228. The molecule has 0 aliphatic heterocycles. The van der Waals surface area contributed by atoms with Gasteiger partial charge in [0.2, 0.25) is 0 Å². The van der Waals surface area contributed by atoms with Gasteiger partial charge in [-0.3, -0.25) is 19.0 Å². The van der Waals surface area contributed by atoms with E-state index in [-0.39, 0.29) is 23.9 Å². The molecule has 2 aromatic heterocycles. The van der Waals surface area contributed by atoms with Crippen molar-refractivity contribution in [2.45, 2.75) is 18.4 Å². The van der Waals surface area contributed by atoms with Gasteiger partial charge in [-0.05, 0) is 67.6 Å². The first-order chi connectivity index (χ1) is 18.9. The Morgan fingerprint density at radius 3 is 2.36 bits per heavy atom. The predicted octanol–water partition coefficient (Wildman–Crippen LogP) is 5.76. The molecule has 0 bridgehead atoms. The van der Waals surface area contributed by atoms with Crippen molar-refractivity contribution in [3.63, 3.8) is 0 Å². The second-order valence-electron chi connectivity index (χ2n) is 8.57. The Bertz CT molecular complexity index is 1690. The van der Waals surface area contributed by atoms with E-state index in [1.165, 1.54) is 39.9 Å². The number of methoxy groups -OCH3 is 1. The zero-order valence-electron chi connectivity index (χ0n) is 21.4. The summed E-state index contributed by atoms with van der Waals surface area (Å²) in [6.45, 7) is 2.26. The first-order valence-electron chi connectivity index (χ1n) is 12.2. The van der Waals surface area contributed by atoms with Gasteiger partial charge in [-0.1, -0.05) is 35.6 Å². The number of para-hydroxylation sites is 1. The Kier molecular flexibility index (Phi) is 7.58. The maximum Gasteiger partial charge on any atom is 0.264 e. The number of sulfonamides is 1. The molecule has 198 valence electrons. The van der Waals surface area contributed by atoms with Gasteiger partial charge in [0, 0.05) is 24.4 Å². The molecule has 0 fully saturated rings.